The van der Waals surface area contributed by atoms with Gasteiger partial charge in [-0.15, -0.1) is 0 Å². The van der Waals surface area contributed by atoms with Gasteiger partial charge in [0.25, 0.3) is 0 Å². The lowest BCUT2D eigenvalue weighted by atomic mass is 9.91. The van der Waals surface area contributed by atoms with Crippen LogP contribution in [0.25, 0.3) is 0 Å². The van der Waals surface area contributed by atoms with Gasteiger partial charge in [-0.3, -0.25) is 4.79 Å². The Morgan fingerprint density at radius 1 is 1.45 bits per heavy atom. The molecular formula is C15H17FO3S. The van der Waals surface area contributed by atoms with Crippen molar-refractivity contribution in [3.63, 3.8) is 0 Å². The Balaban J connectivity index is 1.71. The number of hydrogen-bond donors (Lipinski definition) is 0. The summed E-state index contributed by atoms with van der Waals surface area (Å²) in [6, 6.07) is 4.12. The highest BCUT2D eigenvalue weighted by Crippen LogP contribution is 2.39. The Morgan fingerprint density at radius 2 is 2.35 bits per heavy atom. The first-order valence-corrected chi connectivity index (χ1v) is 7.99. The molecule has 5 heteroatoms. The van der Waals surface area contributed by atoms with Crippen molar-refractivity contribution in [2.24, 2.45) is 0 Å². The molecule has 2 unspecified atom stereocenters. The molecule has 2 atom stereocenters. The van der Waals surface area contributed by atoms with E-state index >= 15 is 0 Å². The summed E-state index contributed by atoms with van der Waals surface area (Å²) in [5, 5.41) is 0. The van der Waals surface area contributed by atoms with Crippen LogP contribution in [-0.4, -0.2) is 36.1 Å². The fourth-order valence-electron chi connectivity index (χ4n) is 2.86. The molecule has 1 aromatic carbocycles. The first-order chi connectivity index (χ1) is 9.69. The monoisotopic (exact) mass is 296 g/mol. The Kier molecular flexibility index (Phi) is 3.98. The predicted molar refractivity (Wildman–Crippen MR) is 76.1 cm³/mol. The van der Waals surface area contributed by atoms with Crippen LogP contribution in [0.4, 0.5) is 4.39 Å². The number of aldehydes is 1. The van der Waals surface area contributed by atoms with E-state index in [1.54, 1.807) is 6.07 Å². The molecule has 3 nitrogen and oxygen atoms in total. The van der Waals surface area contributed by atoms with E-state index in [9.17, 15) is 9.18 Å². The Bertz CT molecular complexity index is 500. The third-order valence-corrected chi connectivity index (χ3v) is 5.07. The maximum atomic E-state index is 13.4. The Hall–Kier alpha value is -1.07. The molecule has 2 aliphatic heterocycles. The van der Waals surface area contributed by atoms with E-state index in [0.29, 0.717) is 24.2 Å². The predicted octanol–water partition coefficient (Wildman–Crippen LogP) is 3.07. The fourth-order valence-corrected chi connectivity index (χ4v) is 4.24. The van der Waals surface area contributed by atoms with Crippen LogP contribution < -0.4 is 4.74 Å². The zero-order chi connectivity index (χ0) is 14.0. The number of thioether (sulfide) groups is 1. The summed E-state index contributed by atoms with van der Waals surface area (Å²) in [6.07, 6.45) is 3.37. The second kappa shape index (κ2) is 5.74. The van der Waals surface area contributed by atoms with E-state index in [4.69, 9.17) is 9.47 Å². The molecule has 2 saturated heterocycles. The van der Waals surface area contributed by atoms with Crippen LogP contribution in [0, 0.1) is 5.82 Å². The molecule has 0 aliphatic carbocycles. The average Bonchev–Trinajstić information content (AvgIpc) is 2.86. The molecular weight excluding hydrogens is 279 g/mol. The van der Waals surface area contributed by atoms with Gasteiger partial charge >= 0.3 is 0 Å². The van der Waals surface area contributed by atoms with Crippen molar-refractivity contribution >= 4 is 18.0 Å². The molecule has 20 heavy (non-hydrogen) atoms. The average molecular weight is 296 g/mol. The second-order valence-corrected chi connectivity index (χ2v) is 6.51. The van der Waals surface area contributed by atoms with Crippen LogP contribution in [0.5, 0.6) is 5.75 Å². The summed E-state index contributed by atoms with van der Waals surface area (Å²) in [4.78, 5) is 10.8. The molecule has 2 fully saturated rings. The number of carbonyl (C=O) groups is 1. The van der Waals surface area contributed by atoms with Gasteiger partial charge in [0.15, 0.2) is 0 Å². The molecule has 0 saturated carbocycles. The van der Waals surface area contributed by atoms with Crippen LogP contribution in [0.3, 0.4) is 0 Å². The molecule has 0 amide bonds. The van der Waals surface area contributed by atoms with E-state index in [0.717, 1.165) is 30.8 Å². The smallest absolute Gasteiger partial charge is 0.150 e. The van der Waals surface area contributed by atoms with Crippen molar-refractivity contribution in [3.05, 3.63) is 29.6 Å². The lowest BCUT2D eigenvalue weighted by molar-refractivity contribution is -0.0959. The normalized spacial score (nSPS) is 29.6. The number of ether oxygens (including phenoxy) is 2. The van der Waals surface area contributed by atoms with E-state index in [1.165, 1.54) is 12.1 Å². The summed E-state index contributed by atoms with van der Waals surface area (Å²) >= 11 is 1.91. The number of carbonyl (C=O) groups excluding carboxylic acids is 1. The highest BCUT2D eigenvalue weighted by Gasteiger charge is 2.41. The van der Waals surface area contributed by atoms with Gasteiger partial charge in [0.2, 0.25) is 0 Å². The molecule has 0 N–H and O–H groups in total. The summed E-state index contributed by atoms with van der Waals surface area (Å²) in [5.74, 6) is 2.12. The molecule has 0 aromatic heterocycles. The van der Waals surface area contributed by atoms with Gasteiger partial charge in [0.1, 0.15) is 24.0 Å². The largest absolute Gasteiger partial charge is 0.490 e. The fraction of sp³-hybridized carbons (Fsp3) is 0.533. The zero-order valence-corrected chi connectivity index (χ0v) is 12.0. The maximum absolute atomic E-state index is 13.4. The van der Waals surface area contributed by atoms with Crippen LogP contribution in [0.2, 0.25) is 0 Å². The van der Waals surface area contributed by atoms with Gasteiger partial charge in [-0.05, 0) is 24.3 Å². The number of hydrogen-bond acceptors (Lipinski definition) is 4. The highest BCUT2D eigenvalue weighted by atomic mass is 32.2. The molecule has 108 valence electrons. The Morgan fingerprint density at radius 3 is 3.10 bits per heavy atom. The van der Waals surface area contributed by atoms with Gasteiger partial charge in [0.05, 0.1) is 12.2 Å². The molecule has 3 rings (SSSR count). The van der Waals surface area contributed by atoms with E-state index in [2.05, 4.69) is 0 Å². The quantitative estimate of drug-likeness (QED) is 0.803. The van der Waals surface area contributed by atoms with Crippen LogP contribution in [0.15, 0.2) is 18.2 Å². The topological polar surface area (TPSA) is 35.5 Å². The van der Waals surface area contributed by atoms with Crippen LogP contribution >= 0.6 is 11.8 Å². The van der Waals surface area contributed by atoms with Crippen molar-refractivity contribution < 1.29 is 18.7 Å². The molecule has 1 aromatic rings. The van der Waals surface area contributed by atoms with E-state index in [-0.39, 0.29) is 11.7 Å². The maximum Gasteiger partial charge on any atom is 0.150 e. The highest BCUT2D eigenvalue weighted by molar-refractivity contribution is 7.99. The van der Waals surface area contributed by atoms with Crippen molar-refractivity contribution in [2.75, 3.05) is 18.1 Å². The minimum Gasteiger partial charge on any atom is -0.490 e. The Labute approximate surface area is 121 Å². The molecule has 0 bridgehead atoms. The second-order valence-electron chi connectivity index (χ2n) is 5.40. The molecule has 0 radical (unpaired) electrons. The number of rotatable bonds is 3. The van der Waals surface area contributed by atoms with Crippen molar-refractivity contribution in [1.82, 2.24) is 0 Å². The van der Waals surface area contributed by atoms with Gasteiger partial charge in [-0.2, -0.15) is 11.8 Å². The molecule has 2 aliphatic rings. The minimum absolute atomic E-state index is 0.0313. The van der Waals surface area contributed by atoms with E-state index in [1.807, 2.05) is 11.8 Å². The summed E-state index contributed by atoms with van der Waals surface area (Å²) in [5.41, 5.74) is 0.243. The standard InChI is InChI=1S/C15H17FO3S/c16-12-5-11(9-17)6-14(7-12)19-13-1-3-18-15(8-13)2-4-20-10-15/h5-7,9,13H,1-4,8,10H2. The van der Waals surface area contributed by atoms with E-state index < -0.39 is 5.82 Å². The number of benzene rings is 1. The minimum atomic E-state index is -0.442. The molecule has 2 heterocycles. The molecule has 1 spiro atoms. The first kappa shape index (κ1) is 13.9. The summed E-state index contributed by atoms with van der Waals surface area (Å²) in [6.45, 7) is 0.682. The number of halogens is 1. The first-order valence-electron chi connectivity index (χ1n) is 6.83. The van der Waals surface area contributed by atoms with Gasteiger partial charge in [0, 0.05) is 30.2 Å². The third kappa shape index (κ3) is 2.99. The SMILES string of the molecule is O=Cc1cc(F)cc(OC2CCOC3(CCSC3)C2)c1. The van der Waals surface area contributed by atoms with Crippen LogP contribution in [0.1, 0.15) is 29.6 Å². The van der Waals surface area contributed by atoms with Crippen LogP contribution in [-0.2, 0) is 4.74 Å². The van der Waals surface area contributed by atoms with Crippen molar-refractivity contribution in [3.8, 4) is 5.75 Å². The van der Waals surface area contributed by atoms with Gasteiger partial charge in [-0.1, -0.05) is 0 Å². The van der Waals surface area contributed by atoms with Gasteiger partial charge < -0.3 is 9.47 Å². The van der Waals surface area contributed by atoms with Crippen molar-refractivity contribution in [1.29, 1.82) is 0 Å². The lowest BCUT2D eigenvalue weighted by Gasteiger charge is -2.37. The zero-order valence-electron chi connectivity index (χ0n) is 11.1. The third-order valence-electron chi connectivity index (χ3n) is 3.85. The summed E-state index contributed by atoms with van der Waals surface area (Å²) < 4.78 is 25.2. The van der Waals surface area contributed by atoms with Crippen molar-refractivity contribution in [2.45, 2.75) is 31.0 Å². The van der Waals surface area contributed by atoms with Gasteiger partial charge in [-0.25, -0.2) is 4.39 Å². The lowest BCUT2D eigenvalue weighted by Crippen LogP contribution is -2.43. The summed E-state index contributed by atoms with van der Waals surface area (Å²) in [7, 11) is 0.